The average Bonchev–Trinajstić information content (AvgIpc) is 2.39. The summed E-state index contributed by atoms with van der Waals surface area (Å²) in [5.41, 5.74) is 4.48. The molecule has 3 heteroatoms. The third kappa shape index (κ3) is 2.76. The number of hydrogen-bond donors (Lipinski definition) is 1. The minimum absolute atomic E-state index is 0.316. The predicted octanol–water partition coefficient (Wildman–Crippen LogP) is 3.43. The molecule has 0 heterocycles. The van der Waals surface area contributed by atoms with Crippen LogP contribution in [-0.2, 0) is 0 Å². The van der Waals surface area contributed by atoms with E-state index in [1.54, 1.807) is 12.1 Å². The molecule has 0 saturated carbocycles. The van der Waals surface area contributed by atoms with Crippen LogP contribution in [0.15, 0.2) is 42.5 Å². The Morgan fingerprint density at radius 3 is 2.47 bits per heavy atom. The van der Waals surface area contributed by atoms with E-state index in [-0.39, 0.29) is 0 Å². The highest BCUT2D eigenvalue weighted by molar-refractivity contribution is 5.90. The predicted molar refractivity (Wildman–Crippen MR) is 77.9 cm³/mol. The number of rotatable bonds is 3. The Morgan fingerprint density at radius 1 is 1.11 bits per heavy atom. The van der Waals surface area contributed by atoms with Gasteiger partial charge >= 0.3 is 5.97 Å². The lowest BCUT2D eigenvalue weighted by Gasteiger charge is -2.14. The summed E-state index contributed by atoms with van der Waals surface area (Å²) in [4.78, 5) is 13.1. The summed E-state index contributed by atoms with van der Waals surface area (Å²) in [7, 11) is 3.97. The fourth-order valence-electron chi connectivity index (χ4n) is 2.02. The molecule has 0 saturated heterocycles. The summed E-state index contributed by atoms with van der Waals surface area (Å²) >= 11 is 0. The number of carboxylic acids is 1. The fraction of sp³-hybridized carbons (Fsp3) is 0.188. The van der Waals surface area contributed by atoms with Crippen LogP contribution in [0.25, 0.3) is 11.1 Å². The monoisotopic (exact) mass is 255 g/mol. The zero-order chi connectivity index (χ0) is 14.0. The van der Waals surface area contributed by atoms with Gasteiger partial charge in [0, 0.05) is 19.8 Å². The summed E-state index contributed by atoms with van der Waals surface area (Å²) in [5.74, 6) is -0.898. The largest absolute Gasteiger partial charge is 0.478 e. The third-order valence-corrected chi connectivity index (χ3v) is 3.16. The van der Waals surface area contributed by atoms with Crippen LogP contribution in [0.3, 0.4) is 0 Å². The van der Waals surface area contributed by atoms with Crippen molar-refractivity contribution in [2.24, 2.45) is 0 Å². The van der Waals surface area contributed by atoms with Gasteiger partial charge in [0.2, 0.25) is 0 Å². The Balaban J connectivity index is 2.54. The lowest BCUT2D eigenvalue weighted by Crippen LogP contribution is -2.08. The number of hydrogen-bond acceptors (Lipinski definition) is 2. The topological polar surface area (TPSA) is 40.5 Å². The molecule has 0 aliphatic heterocycles. The molecule has 2 aromatic carbocycles. The molecule has 0 aliphatic rings. The Labute approximate surface area is 113 Å². The number of aryl methyl sites for hydroxylation is 1. The van der Waals surface area contributed by atoms with Gasteiger partial charge in [-0.1, -0.05) is 18.2 Å². The summed E-state index contributed by atoms with van der Waals surface area (Å²) in [6, 6.07) is 13.3. The van der Waals surface area contributed by atoms with Gasteiger partial charge in [0.1, 0.15) is 0 Å². The van der Waals surface area contributed by atoms with Crippen molar-refractivity contribution in [1.82, 2.24) is 0 Å². The Bertz CT molecular complexity index is 618. The standard InChI is InChI=1S/C16H17NO2/c1-11-7-8-13(16(18)19)10-15(11)12-5-4-6-14(9-12)17(2)3/h4-10H,1-3H3,(H,18,19). The van der Waals surface area contributed by atoms with Crippen LogP contribution in [0.2, 0.25) is 0 Å². The second kappa shape index (κ2) is 5.14. The maximum atomic E-state index is 11.1. The van der Waals surface area contributed by atoms with Crippen molar-refractivity contribution < 1.29 is 9.90 Å². The minimum Gasteiger partial charge on any atom is -0.478 e. The molecule has 0 fully saturated rings. The lowest BCUT2D eigenvalue weighted by atomic mass is 9.97. The molecule has 0 spiro atoms. The summed E-state index contributed by atoms with van der Waals surface area (Å²) in [6.07, 6.45) is 0. The number of nitrogens with zero attached hydrogens (tertiary/aromatic N) is 1. The molecule has 2 aromatic rings. The van der Waals surface area contributed by atoms with E-state index in [4.69, 9.17) is 5.11 Å². The molecule has 0 unspecified atom stereocenters. The highest BCUT2D eigenvalue weighted by atomic mass is 16.4. The maximum Gasteiger partial charge on any atom is 0.335 e. The van der Waals surface area contributed by atoms with Crippen LogP contribution in [0.1, 0.15) is 15.9 Å². The molecule has 0 bridgehead atoms. The van der Waals surface area contributed by atoms with Gasteiger partial charge in [-0.15, -0.1) is 0 Å². The second-order valence-electron chi connectivity index (χ2n) is 4.78. The number of carbonyl (C=O) groups is 1. The summed E-state index contributed by atoms with van der Waals surface area (Å²) in [6.45, 7) is 1.99. The van der Waals surface area contributed by atoms with E-state index in [0.717, 1.165) is 22.4 Å². The molecule has 0 aromatic heterocycles. The second-order valence-corrected chi connectivity index (χ2v) is 4.78. The van der Waals surface area contributed by atoms with E-state index in [0.29, 0.717) is 5.56 Å². The molecule has 0 aliphatic carbocycles. The number of anilines is 1. The highest BCUT2D eigenvalue weighted by Gasteiger charge is 2.08. The van der Waals surface area contributed by atoms with Crippen molar-refractivity contribution in [3.05, 3.63) is 53.6 Å². The first-order chi connectivity index (χ1) is 8.99. The molecule has 3 nitrogen and oxygen atoms in total. The lowest BCUT2D eigenvalue weighted by molar-refractivity contribution is 0.0697. The van der Waals surface area contributed by atoms with Crippen molar-refractivity contribution in [1.29, 1.82) is 0 Å². The number of carboxylic acid groups (broad SMARTS) is 1. The Morgan fingerprint density at radius 2 is 1.84 bits per heavy atom. The minimum atomic E-state index is -0.898. The van der Waals surface area contributed by atoms with Gasteiger partial charge in [-0.3, -0.25) is 0 Å². The van der Waals surface area contributed by atoms with E-state index in [9.17, 15) is 4.79 Å². The van der Waals surface area contributed by atoms with Gasteiger partial charge < -0.3 is 10.0 Å². The number of benzene rings is 2. The molecule has 0 atom stereocenters. The van der Waals surface area contributed by atoms with Crippen LogP contribution in [0.5, 0.6) is 0 Å². The van der Waals surface area contributed by atoms with Crippen LogP contribution in [-0.4, -0.2) is 25.2 Å². The van der Waals surface area contributed by atoms with Gasteiger partial charge in [0.05, 0.1) is 5.56 Å². The first-order valence-electron chi connectivity index (χ1n) is 6.11. The van der Waals surface area contributed by atoms with E-state index < -0.39 is 5.97 Å². The van der Waals surface area contributed by atoms with Crippen molar-refractivity contribution in [2.45, 2.75) is 6.92 Å². The molecule has 98 valence electrons. The van der Waals surface area contributed by atoms with Gasteiger partial charge in [-0.2, -0.15) is 0 Å². The summed E-state index contributed by atoms with van der Waals surface area (Å²) < 4.78 is 0. The quantitative estimate of drug-likeness (QED) is 0.913. The molecule has 1 N–H and O–H groups in total. The van der Waals surface area contributed by atoms with E-state index >= 15 is 0 Å². The molecule has 0 radical (unpaired) electrons. The van der Waals surface area contributed by atoms with Crippen molar-refractivity contribution in [3.8, 4) is 11.1 Å². The molecule has 2 rings (SSSR count). The Hall–Kier alpha value is -2.29. The van der Waals surface area contributed by atoms with Crippen LogP contribution in [0.4, 0.5) is 5.69 Å². The smallest absolute Gasteiger partial charge is 0.335 e. The van der Waals surface area contributed by atoms with E-state index in [2.05, 4.69) is 6.07 Å². The van der Waals surface area contributed by atoms with Gasteiger partial charge in [0.15, 0.2) is 0 Å². The van der Waals surface area contributed by atoms with Crippen LogP contribution >= 0.6 is 0 Å². The van der Waals surface area contributed by atoms with Crippen LogP contribution in [0, 0.1) is 6.92 Å². The molecular weight excluding hydrogens is 238 g/mol. The van der Waals surface area contributed by atoms with E-state index in [1.165, 1.54) is 0 Å². The van der Waals surface area contributed by atoms with Crippen LogP contribution < -0.4 is 4.90 Å². The third-order valence-electron chi connectivity index (χ3n) is 3.16. The van der Waals surface area contributed by atoms with Gasteiger partial charge in [0.25, 0.3) is 0 Å². The first-order valence-corrected chi connectivity index (χ1v) is 6.11. The first kappa shape index (κ1) is 13.1. The van der Waals surface area contributed by atoms with Crippen molar-refractivity contribution in [3.63, 3.8) is 0 Å². The maximum absolute atomic E-state index is 11.1. The SMILES string of the molecule is Cc1ccc(C(=O)O)cc1-c1cccc(N(C)C)c1. The fourth-order valence-corrected chi connectivity index (χ4v) is 2.02. The summed E-state index contributed by atoms with van der Waals surface area (Å²) in [5, 5.41) is 9.08. The highest BCUT2D eigenvalue weighted by Crippen LogP contribution is 2.27. The number of aromatic carboxylic acids is 1. The van der Waals surface area contributed by atoms with Gasteiger partial charge in [-0.25, -0.2) is 4.79 Å². The zero-order valence-electron chi connectivity index (χ0n) is 11.3. The Kier molecular flexibility index (Phi) is 3.56. The normalized spacial score (nSPS) is 10.3. The molecular formula is C16H17NO2. The zero-order valence-corrected chi connectivity index (χ0v) is 11.3. The van der Waals surface area contributed by atoms with E-state index in [1.807, 2.05) is 50.2 Å². The molecule has 19 heavy (non-hydrogen) atoms. The van der Waals surface area contributed by atoms with Crippen molar-refractivity contribution in [2.75, 3.05) is 19.0 Å². The van der Waals surface area contributed by atoms with Gasteiger partial charge in [-0.05, 0) is 47.9 Å². The van der Waals surface area contributed by atoms with Crippen molar-refractivity contribution >= 4 is 11.7 Å². The average molecular weight is 255 g/mol. The molecule has 0 amide bonds.